The summed E-state index contributed by atoms with van der Waals surface area (Å²) in [7, 11) is 0. The number of aliphatic hydroxyl groups is 1. The lowest BCUT2D eigenvalue weighted by Crippen LogP contribution is -2.35. The summed E-state index contributed by atoms with van der Waals surface area (Å²) >= 11 is 3.17. The summed E-state index contributed by atoms with van der Waals surface area (Å²) in [5, 5.41) is 21.2. The number of carbonyl (C=O) groups excluding carboxylic acids is 1. The molecule has 4 nitrogen and oxygen atoms in total. The molecule has 2 aromatic heterocycles. The SMILES string of the molecule is O=C(NCC[C@@H](O)c1ccsc1)NCc1cccs1. The smallest absolute Gasteiger partial charge is 0.315 e. The van der Waals surface area contributed by atoms with Crippen LogP contribution in [-0.2, 0) is 6.54 Å². The van der Waals surface area contributed by atoms with Gasteiger partial charge in [-0.2, -0.15) is 11.3 Å². The van der Waals surface area contributed by atoms with Gasteiger partial charge in [0.2, 0.25) is 0 Å². The molecule has 1 atom stereocenters. The summed E-state index contributed by atoms with van der Waals surface area (Å²) < 4.78 is 0. The number of hydrogen-bond acceptors (Lipinski definition) is 4. The first-order valence-electron chi connectivity index (χ1n) is 6.00. The van der Waals surface area contributed by atoms with Crippen LogP contribution in [0.15, 0.2) is 34.3 Å². The van der Waals surface area contributed by atoms with Crippen LogP contribution >= 0.6 is 22.7 Å². The van der Waals surface area contributed by atoms with Crippen molar-refractivity contribution in [2.24, 2.45) is 0 Å². The van der Waals surface area contributed by atoms with E-state index in [1.165, 1.54) is 0 Å². The van der Waals surface area contributed by atoms with Gasteiger partial charge in [-0.05, 0) is 40.3 Å². The Morgan fingerprint density at radius 2 is 2.21 bits per heavy atom. The zero-order chi connectivity index (χ0) is 13.5. The predicted molar refractivity (Wildman–Crippen MR) is 78.5 cm³/mol. The van der Waals surface area contributed by atoms with Crippen LogP contribution in [0.2, 0.25) is 0 Å². The van der Waals surface area contributed by atoms with E-state index in [1.807, 2.05) is 34.3 Å². The summed E-state index contributed by atoms with van der Waals surface area (Å²) in [6.07, 6.45) is 0.00669. The van der Waals surface area contributed by atoms with Crippen LogP contribution in [0.3, 0.4) is 0 Å². The molecule has 0 aliphatic rings. The molecule has 3 N–H and O–H groups in total. The Morgan fingerprint density at radius 1 is 1.32 bits per heavy atom. The van der Waals surface area contributed by atoms with Gasteiger partial charge in [0.05, 0.1) is 12.6 Å². The highest BCUT2D eigenvalue weighted by Gasteiger charge is 2.08. The first kappa shape index (κ1) is 14.0. The van der Waals surface area contributed by atoms with Crippen LogP contribution in [0, 0.1) is 0 Å². The van der Waals surface area contributed by atoms with Crippen molar-refractivity contribution >= 4 is 28.7 Å². The summed E-state index contributed by atoms with van der Waals surface area (Å²) in [6, 6.07) is 5.62. The molecule has 2 heterocycles. The second-order valence-corrected chi connectivity index (χ2v) is 5.86. The molecular formula is C13H16N2O2S2. The van der Waals surface area contributed by atoms with Crippen molar-refractivity contribution in [2.45, 2.75) is 19.1 Å². The van der Waals surface area contributed by atoms with Gasteiger partial charge in [-0.25, -0.2) is 4.79 Å². The highest BCUT2D eigenvalue weighted by Crippen LogP contribution is 2.18. The molecule has 0 fully saturated rings. The van der Waals surface area contributed by atoms with Gasteiger partial charge < -0.3 is 15.7 Å². The number of aliphatic hydroxyl groups excluding tert-OH is 1. The standard InChI is InChI=1S/C13H16N2O2S2/c16-12(10-4-7-18-9-10)3-5-14-13(17)15-8-11-2-1-6-19-11/h1-2,4,6-7,9,12,16H,3,5,8H2,(H2,14,15,17)/t12-/m1/s1. The maximum atomic E-state index is 11.5. The number of hydrogen-bond donors (Lipinski definition) is 3. The number of thiophene rings is 2. The van der Waals surface area contributed by atoms with E-state index in [1.54, 1.807) is 22.7 Å². The van der Waals surface area contributed by atoms with E-state index in [-0.39, 0.29) is 6.03 Å². The number of carbonyl (C=O) groups is 1. The zero-order valence-corrected chi connectivity index (χ0v) is 12.0. The molecule has 0 saturated heterocycles. The van der Waals surface area contributed by atoms with Crippen LogP contribution in [-0.4, -0.2) is 17.7 Å². The highest BCUT2D eigenvalue weighted by molar-refractivity contribution is 7.09. The third-order valence-corrected chi connectivity index (χ3v) is 4.21. The quantitative estimate of drug-likeness (QED) is 0.767. The largest absolute Gasteiger partial charge is 0.388 e. The van der Waals surface area contributed by atoms with Crippen molar-refractivity contribution in [3.05, 3.63) is 44.8 Å². The second-order valence-electron chi connectivity index (χ2n) is 4.05. The Bertz CT molecular complexity index is 483. The molecular weight excluding hydrogens is 280 g/mol. The highest BCUT2D eigenvalue weighted by atomic mass is 32.1. The van der Waals surface area contributed by atoms with Gasteiger partial charge in [0.15, 0.2) is 0 Å². The molecule has 2 amide bonds. The van der Waals surface area contributed by atoms with Crippen LogP contribution in [0.25, 0.3) is 0 Å². The van der Waals surface area contributed by atoms with E-state index in [0.717, 1.165) is 10.4 Å². The summed E-state index contributed by atoms with van der Waals surface area (Å²) in [5.41, 5.74) is 0.908. The van der Waals surface area contributed by atoms with Gasteiger partial charge in [-0.1, -0.05) is 6.07 Å². The monoisotopic (exact) mass is 296 g/mol. The Balaban J connectivity index is 1.61. The van der Waals surface area contributed by atoms with Gasteiger partial charge in [0.1, 0.15) is 0 Å². The molecule has 0 spiro atoms. The van der Waals surface area contributed by atoms with Crippen molar-refractivity contribution in [3.8, 4) is 0 Å². The molecule has 2 aromatic rings. The average Bonchev–Trinajstić information content (AvgIpc) is 3.09. The minimum atomic E-state index is -0.510. The fourth-order valence-corrected chi connectivity index (χ4v) is 2.95. The Hall–Kier alpha value is -1.37. The van der Waals surface area contributed by atoms with Crippen LogP contribution < -0.4 is 10.6 Å². The lowest BCUT2D eigenvalue weighted by atomic mass is 10.1. The predicted octanol–water partition coefficient (Wildman–Crippen LogP) is 2.73. The van der Waals surface area contributed by atoms with Crippen molar-refractivity contribution < 1.29 is 9.90 Å². The van der Waals surface area contributed by atoms with E-state index >= 15 is 0 Å². The van der Waals surface area contributed by atoms with Gasteiger partial charge in [-0.3, -0.25) is 0 Å². The fourth-order valence-electron chi connectivity index (χ4n) is 1.60. The van der Waals surface area contributed by atoms with Gasteiger partial charge >= 0.3 is 6.03 Å². The van der Waals surface area contributed by atoms with Crippen molar-refractivity contribution in [1.82, 2.24) is 10.6 Å². The number of rotatable bonds is 6. The summed E-state index contributed by atoms with van der Waals surface area (Å²) in [4.78, 5) is 12.6. The number of amides is 2. The molecule has 0 aliphatic carbocycles. The molecule has 19 heavy (non-hydrogen) atoms. The van der Waals surface area contributed by atoms with Crippen LogP contribution in [0.1, 0.15) is 23.0 Å². The van der Waals surface area contributed by atoms with Crippen molar-refractivity contribution in [1.29, 1.82) is 0 Å². The average molecular weight is 296 g/mol. The van der Waals surface area contributed by atoms with E-state index in [0.29, 0.717) is 19.5 Å². The van der Waals surface area contributed by atoms with E-state index in [9.17, 15) is 9.90 Å². The fraction of sp³-hybridized carbons (Fsp3) is 0.308. The molecule has 0 radical (unpaired) electrons. The van der Waals surface area contributed by atoms with Crippen LogP contribution in [0.5, 0.6) is 0 Å². The Morgan fingerprint density at radius 3 is 2.89 bits per heavy atom. The Labute approximate surface area is 120 Å². The Kier molecular flexibility index (Phi) is 5.38. The summed E-state index contributed by atoms with van der Waals surface area (Å²) in [5.74, 6) is 0. The topological polar surface area (TPSA) is 61.4 Å². The third kappa shape index (κ3) is 4.66. The van der Waals surface area contributed by atoms with Gasteiger partial charge in [-0.15, -0.1) is 11.3 Å². The molecule has 102 valence electrons. The van der Waals surface area contributed by atoms with Gasteiger partial charge in [0, 0.05) is 11.4 Å². The van der Waals surface area contributed by atoms with E-state index < -0.39 is 6.10 Å². The molecule has 0 unspecified atom stereocenters. The maximum Gasteiger partial charge on any atom is 0.315 e. The summed E-state index contributed by atoms with van der Waals surface area (Å²) in [6.45, 7) is 0.990. The first-order chi connectivity index (χ1) is 9.25. The minimum Gasteiger partial charge on any atom is -0.388 e. The van der Waals surface area contributed by atoms with Crippen LogP contribution in [0.4, 0.5) is 4.79 Å². The molecule has 2 rings (SSSR count). The molecule has 6 heteroatoms. The molecule has 0 saturated carbocycles. The van der Waals surface area contributed by atoms with Crippen molar-refractivity contribution in [2.75, 3.05) is 6.54 Å². The van der Waals surface area contributed by atoms with E-state index in [4.69, 9.17) is 0 Å². The normalized spacial score (nSPS) is 12.1. The van der Waals surface area contributed by atoms with Gasteiger partial charge in [0.25, 0.3) is 0 Å². The number of urea groups is 1. The first-order valence-corrected chi connectivity index (χ1v) is 7.82. The molecule has 0 aliphatic heterocycles. The third-order valence-electron chi connectivity index (χ3n) is 2.63. The minimum absolute atomic E-state index is 0.203. The zero-order valence-electron chi connectivity index (χ0n) is 10.3. The maximum absolute atomic E-state index is 11.5. The van der Waals surface area contributed by atoms with Crippen molar-refractivity contribution in [3.63, 3.8) is 0 Å². The lowest BCUT2D eigenvalue weighted by molar-refractivity contribution is 0.167. The number of nitrogens with one attached hydrogen (secondary N) is 2. The second kappa shape index (κ2) is 7.28. The molecule has 0 aromatic carbocycles. The van der Waals surface area contributed by atoms with E-state index in [2.05, 4.69) is 10.6 Å². The molecule has 0 bridgehead atoms. The lowest BCUT2D eigenvalue weighted by Gasteiger charge is -2.10.